The second-order valence-corrected chi connectivity index (χ2v) is 6.65. The molecule has 0 fully saturated rings. The number of halogens is 2. The first kappa shape index (κ1) is 16.0. The monoisotopic (exact) mass is 346 g/mol. The van der Waals surface area contributed by atoms with E-state index in [0.29, 0.717) is 5.75 Å². The van der Waals surface area contributed by atoms with Crippen molar-refractivity contribution in [1.29, 1.82) is 0 Å². The van der Waals surface area contributed by atoms with Gasteiger partial charge >= 0.3 is 0 Å². The number of sulfonamides is 1. The largest absolute Gasteiger partial charge is 0.495 e. The number of aromatic nitrogens is 1. The molecule has 0 saturated heterocycles. The highest BCUT2D eigenvalue weighted by Crippen LogP contribution is 2.33. The summed E-state index contributed by atoms with van der Waals surface area (Å²) >= 11 is 11.9. The van der Waals surface area contributed by atoms with Crippen LogP contribution in [0.25, 0.3) is 0 Å². The lowest BCUT2D eigenvalue weighted by atomic mass is 10.3. The molecule has 0 spiro atoms. The summed E-state index contributed by atoms with van der Waals surface area (Å²) in [6.07, 6.45) is 3.17. The maximum Gasteiger partial charge on any atom is 0.242 e. The highest BCUT2D eigenvalue weighted by atomic mass is 35.5. The van der Waals surface area contributed by atoms with E-state index in [1.54, 1.807) is 24.5 Å². The fraction of sp³-hybridized carbons (Fsp3) is 0.154. The van der Waals surface area contributed by atoms with Gasteiger partial charge in [0.05, 0.1) is 17.2 Å². The van der Waals surface area contributed by atoms with Gasteiger partial charge in [0.2, 0.25) is 10.0 Å². The molecule has 0 saturated carbocycles. The number of benzene rings is 1. The molecule has 0 aliphatic carbocycles. The lowest BCUT2D eigenvalue weighted by Gasteiger charge is -2.11. The Kier molecular flexibility index (Phi) is 5.05. The summed E-state index contributed by atoms with van der Waals surface area (Å²) in [5.41, 5.74) is 0.782. The van der Waals surface area contributed by atoms with Crippen LogP contribution in [0, 0.1) is 0 Å². The van der Waals surface area contributed by atoms with E-state index in [4.69, 9.17) is 27.9 Å². The summed E-state index contributed by atoms with van der Waals surface area (Å²) in [5, 5.41) is 0.213. The van der Waals surface area contributed by atoms with Gasteiger partial charge in [-0.05, 0) is 23.8 Å². The van der Waals surface area contributed by atoms with E-state index in [0.717, 1.165) is 5.56 Å². The second kappa shape index (κ2) is 6.62. The zero-order valence-corrected chi connectivity index (χ0v) is 13.3. The van der Waals surface area contributed by atoms with Crippen molar-refractivity contribution >= 4 is 33.2 Å². The molecule has 1 aromatic carbocycles. The molecule has 0 aliphatic rings. The Hall–Kier alpha value is -1.34. The average Bonchev–Trinajstić information content (AvgIpc) is 2.48. The molecule has 21 heavy (non-hydrogen) atoms. The number of nitrogens with zero attached hydrogens (tertiary/aromatic N) is 1. The summed E-state index contributed by atoms with van der Waals surface area (Å²) in [7, 11) is -2.35. The normalized spacial score (nSPS) is 11.4. The molecule has 5 nitrogen and oxygen atoms in total. The number of hydrogen-bond acceptors (Lipinski definition) is 4. The summed E-state index contributed by atoms with van der Waals surface area (Å²) < 4.78 is 32.0. The average molecular weight is 347 g/mol. The number of methoxy groups -OCH3 is 1. The summed E-state index contributed by atoms with van der Waals surface area (Å²) in [5.74, 6) is 0.315. The van der Waals surface area contributed by atoms with Crippen molar-refractivity contribution in [3.63, 3.8) is 0 Å². The van der Waals surface area contributed by atoms with Crippen LogP contribution < -0.4 is 9.46 Å². The first-order valence-electron chi connectivity index (χ1n) is 5.85. The summed E-state index contributed by atoms with van der Waals surface area (Å²) in [6, 6.07) is 6.05. The lowest BCUT2D eigenvalue weighted by Crippen LogP contribution is -2.23. The molecule has 8 heteroatoms. The third kappa shape index (κ3) is 3.85. The minimum Gasteiger partial charge on any atom is -0.495 e. The number of rotatable bonds is 5. The summed E-state index contributed by atoms with van der Waals surface area (Å²) in [4.78, 5) is 3.77. The minimum atomic E-state index is -3.78. The first-order chi connectivity index (χ1) is 9.94. The van der Waals surface area contributed by atoms with E-state index < -0.39 is 10.0 Å². The molecule has 2 rings (SSSR count). The molecule has 0 amide bonds. The van der Waals surface area contributed by atoms with E-state index in [1.807, 2.05) is 0 Å². The fourth-order valence-corrected chi connectivity index (χ4v) is 3.49. The van der Waals surface area contributed by atoms with E-state index in [9.17, 15) is 8.42 Å². The van der Waals surface area contributed by atoms with Gasteiger partial charge in [0, 0.05) is 25.0 Å². The van der Waals surface area contributed by atoms with Crippen LogP contribution in [0.4, 0.5) is 0 Å². The van der Waals surface area contributed by atoms with Crippen molar-refractivity contribution in [2.24, 2.45) is 0 Å². The molecular formula is C13H12Cl2N2O3S. The van der Waals surface area contributed by atoms with Crippen molar-refractivity contribution < 1.29 is 13.2 Å². The molecular weight excluding hydrogens is 335 g/mol. The molecule has 0 aliphatic heterocycles. The third-order valence-corrected chi connectivity index (χ3v) is 4.87. The van der Waals surface area contributed by atoms with Crippen molar-refractivity contribution in [2.45, 2.75) is 11.4 Å². The second-order valence-electron chi connectivity index (χ2n) is 4.10. The molecule has 2 aromatic rings. The van der Waals surface area contributed by atoms with Crippen molar-refractivity contribution in [3.8, 4) is 5.75 Å². The minimum absolute atomic E-state index is 0.0403. The fourth-order valence-electron chi connectivity index (χ4n) is 1.63. The van der Waals surface area contributed by atoms with Gasteiger partial charge in [-0.2, -0.15) is 0 Å². The molecule has 1 aromatic heterocycles. The Morgan fingerprint density at radius 3 is 2.48 bits per heavy atom. The SMILES string of the molecule is COc1cc(Cl)c(S(=O)(=O)NCc2ccncc2)cc1Cl. The lowest BCUT2D eigenvalue weighted by molar-refractivity contribution is 0.414. The van der Waals surface area contributed by atoms with Crippen molar-refractivity contribution in [3.05, 3.63) is 52.3 Å². The van der Waals surface area contributed by atoms with Gasteiger partial charge in [-0.25, -0.2) is 13.1 Å². The molecule has 0 atom stereocenters. The van der Waals surface area contributed by atoms with Crippen LogP contribution in [0.2, 0.25) is 10.0 Å². The summed E-state index contributed by atoms with van der Waals surface area (Å²) in [6.45, 7) is 0.130. The molecule has 0 bridgehead atoms. The van der Waals surface area contributed by atoms with Crippen molar-refractivity contribution in [1.82, 2.24) is 9.71 Å². The number of pyridine rings is 1. The zero-order chi connectivity index (χ0) is 15.5. The van der Waals surface area contributed by atoms with Crippen LogP contribution >= 0.6 is 23.2 Å². The third-order valence-electron chi connectivity index (χ3n) is 2.71. The standard InChI is InChI=1S/C13H12Cl2N2O3S/c1-20-12-6-11(15)13(7-10(12)14)21(18,19)17-8-9-2-4-16-5-3-9/h2-7,17H,8H2,1H3. The number of ether oxygens (including phenoxy) is 1. The number of hydrogen-bond donors (Lipinski definition) is 1. The van der Waals surface area contributed by atoms with Crippen LogP contribution in [-0.4, -0.2) is 20.5 Å². The molecule has 0 unspecified atom stereocenters. The maximum atomic E-state index is 12.3. The predicted octanol–water partition coefficient (Wildman–Crippen LogP) is 2.88. The molecule has 1 N–H and O–H groups in total. The number of nitrogens with one attached hydrogen (secondary N) is 1. The molecule has 0 radical (unpaired) electrons. The van der Waals surface area contributed by atoms with Crippen molar-refractivity contribution in [2.75, 3.05) is 7.11 Å². The van der Waals surface area contributed by atoms with Gasteiger partial charge in [-0.3, -0.25) is 4.98 Å². The Balaban J connectivity index is 2.26. The topological polar surface area (TPSA) is 68.3 Å². The van der Waals surface area contributed by atoms with Gasteiger partial charge in [0.25, 0.3) is 0 Å². The van der Waals surface area contributed by atoms with Gasteiger partial charge in [0.15, 0.2) is 0 Å². The Labute approximate surface area is 132 Å². The Morgan fingerprint density at radius 1 is 1.19 bits per heavy atom. The Bertz CT molecular complexity index is 737. The molecule has 112 valence electrons. The zero-order valence-electron chi connectivity index (χ0n) is 11.0. The van der Waals surface area contributed by atoms with E-state index in [2.05, 4.69) is 9.71 Å². The van der Waals surface area contributed by atoms with Crippen LogP contribution in [0.15, 0.2) is 41.6 Å². The van der Waals surface area contributed by atoms with Gasteiger partial charge < -0.3 is 4.74 Å². The first-order valence-corrected chi connectivity index (χ1v) is 8.09. The van der Waals surface area contributed by atoms with E-state index >= 15 is 0 Å². The highest BCUT2D eigenvalue weighted by Gasteiger charge is 2.20. The van der Waals surface area contributed by atoms with Crippen LogP contribution in [0.3, 0.4) is 0 Å². The van der Waals surface area contributed by atoms with Crippen LogP contribution in [0.1, 0.15) is 5.56 Å². The maximum absolute atomic E-state index is 12.3. The van der Waals surface area contributed by atoms with Gasteiger partial charge in [-0.15, -0.1) is 0 Å². The van der Waals surface area contributed by atoms with E-state index in [-0.39, 0.29) is 21.5 Å². The predicted molar refractivity (Wildman–Crippen MR) is 81.3 cm³/mol. The molecule has 1 heterocycles. The van der Waals surface area contributed by atoms with Gasteiger partial charge in [-0.1, -0.05) is 23.2 Å². The Morgan fingerprint density at radius 2 is 1.86 bits per heavy atom. The highest BCUT2D eigenvalue weighted by molar-refractivity contribution is 7.89. The smallest absolute Gasteiger partial charge is 0.242 e. The van der Waals surface area contributed by atoms with E-state index in [1.165, 1.54) is 19.2 Å². The van der Waals surface area contributed by atoms with Crippen LogP contribution in [-0.2, 0) is 16.6 Å². The quantitative estimate of drug-likeness (QED) is 0.903. The van der Waals surface area contributed by atoms with Gasteiger partial charge in [0.1, 0.15) is 10.6 Å². The van der Waals surface area contributed by atoms with Crippen LogP contribution in [0.5, 0.6) is 5.75 Å².